The molecule has 116 valence electrons. The van der Waals surface area contributed by atoms with Gasteiger partial charge < -0.3 is 19.3 Å². The molecule has 1 fully saturated rings. The van der Waals surface area contributed by atoms with Crippen LogP contribution in [0.2, 0.25) is 5.02 Å². The van der Waals surface area contributed by atoms with Crippen molar-refractivity contribution >= 4 is 17.6 Å². The number of ether oxygens (including phenoxy) is 3. The van der Waals surface area contributed by atoms with Gasteiger partial charge in [0.2, 0.25) is 5.75 Å². The number of hydrogen-bond acceptors (Lipinski definition) is 4. The van der Waals surface area contributed by atoms with E-state index in [9.17, 15) is 4.79 Å². The normalized spacial score (nSPS) is 20.0. The summed E-state index contributed by atoms with van der Waals surface area (Å²) in [6.07, 6.45) is 2.23. The zero-order valence-electron chi connectivity index (χ0n) is 12.3. The maximum Gasteiger partial charge on any atom is 0.306 e. The van der Waals surface area contributed by atoms with Crippen molar-refractivity contribution in [3.05, 3.63) is 16.7 Å². The number of carboxylic acids is 1. The maximum atomic E-state index is 10.9. The van der Waals surface area contributed by atoms with Gasteiger partial charge in [0.05, 0.1) is 32.3 Å². The van der Waals surface area contributed by atoms with Crippen molar-refractivity contribution in [2.24, 2.45) is 11.8 Å². The molecule has 1 aliphatic rings. The number of aliphatic carboxylic acids is 1. The predicted octanol–water partition coefficient (Wildman–Crippen LogP) is 3.02. The Morgan fingerprint density at radius 2 is 1.86 bits per heavy atom. The summed E-state index contributed by atoms with van der Waals surface area (Å²) in [6, 6.07) is 1.79. The van der Waals surface area contributed by atoms with Crippen molar-refractivity contribution in [2.75, 3.05) is 21.3 Å². The molecule has 21 heavy (non-hydrogen) atoms. The molecule has 0 heterocycles. The second-order valence-corrected chi connectivity index (χ2v) is 5.50. The fourth-order valence-corrected chi connectivity index (χ4v) is 2.93. The topological polar surface area (TPSA) is 65.0 Å². The Kier molecular flexibility index (Phi) is 4.83. The predicted molar refractivity (Wildman–Crippen MR) is 78.7 cm³/mol. The fourth-order valence-electron chi connectivity index (χ4n) is 2.64. The molecule has 6 heteroatoms. The highest BCUT2D eigenvalue weighted by Crippen LogP contribution is 2.47. The summed E-state index contributed by atoms with van der Waals surface area (Å²) in [5.41, 5.74) is 0.899. The second kappa shape index (κ2) is 6.43. The third-order valence-electron chi connectivity index (χ3n) is 3.86. The third-order valence-corrected chi connectivity index (χ3v) is 4.14. The zero-order chi connectivity index (χ0) is 15.6. The summed E-state index contributed by atoms with van der Waals surface area (Å²) in [5.74, 6) is 0.817. The van der Waals surface area contributed by atoms with Crippen molar-refractivity contribution in [1.82, 2.24) is 0 Å². The first-order valence-corrected chi connectivity index (χ1v) is 7.11. The maximum absolute atomic E-state index is 10.9. The van der Waals surface area contributed by atoms with Crippen LogP contribution in [0.1, 0.15) is 18.4 Å². The van der Waals surface area contributed by atoms with Crippen LogP contribution in [-0.2, 0) is 11.2 Å². The van der Waals surface area contributed by atoms with E-state index in [2.05, 4.69) is 0 Å². The largest absolute Gasteiger partial charge is 0.492 e. The number of carboxylic acid groups (broad SMARTS) is 1. The van der Waals surface area contributed by atoms with Gasteiger partial charge in [-0.2, -0.15) is 0 Å². The van der Waals surface area contributed by atoms with Crippen LogP contribution in [0.25, 0.3) is 0 Å². The first-order chi connectivity index (χ1) is 10.0. The summed E-state index contributed by atoms with van der Waals surface area (Å²) in [5, 5.41) is 9.39. The Morgan fingerprint density at radius 1 is 1.24 bits per heavy atom. The molecule has 0 aromatic heterocycles. The fraction of sp³-hybridized carbons (Fsp3) is 0.533. The van der Waals surface area contributed by atoms with Gasteiger partial charge in [0.25, 0.3) is 0 Å². The first kappa shape index (κ1) is 15.8. The molecule has 1 aliphatic carbocycles. The second-order valence-electron chi connectivity index (χ2n) is 5.10. The van der Waals surface area contributed by atoms with Gasteiger partial charge in [-0.1, -0.05) is 11.6 Å². The Morgan fingerprint density at radius 3 is 2.33 bits per heavy atom. The smallest absolute Gasteiger partial charge is 0.306 e. The highest BCUT2D eigenvalue weighted by molar-refractivity contribution is 6.32. The van der Waals surface area contributed by atoms with E-state index in [0.717, 1.165) is 18.4 Å². The molecule has 2 unspecified atom stereocenters. The molecule has 0 radical (unpaired) electrons. The Bertz CT molecular complexity index is 543. The monoisotopic (exact) mass is 314 g/mol. The molecule has 1 aromatic rings. The number of benzene rings is 1. The average Bonchev–Trinajstić information content (AvgIpc) is 3.23. The van der Waals surface area contributed by atoms with Gasteiger partial charge in [-0.15, -0.1) is 0 Å². The molecular weight excluding hydrogens is 296 g/mol. The molecule has 1 N–H and O–H groups in total. The van der Waals surface area contributed by atoms with Gasteiger partial charge in [0.15, 0.2) is 11.5 Å². The van der Waals surface area contributed by atoms with Crippen LogP contribution < -0.4 is 14.2 Å². The summed E-state index contributed by atoms with van der Waals surface area (Å²) in [7, 11) is 4.61. The number of methoxy groups -OCH3 is 3. The van der Waals surface area contributed by atoms with Crippen LogP contribution in [0.3, 0.4) is 0 Å². The zero-order valence-corrected chi connectivity index (χ0v) is 13.1. The van der Waals surface area contributed by atoms with Crippen LogP contribution in [0.5, 0.6) is 17.2 Å². The van der Waals surface area contributed by atoms with E-state index in [0.29, 0.717) is 28.7 Å². The average molecular weight is 315 g/mol. The minimum atomic E-state index is -0.711. The van der Waals surface area contributed by atoms with Gasteiger partial charge in [-0.25, -0.2) is 0 Å². The first-order valence-electron chi connectivity index (χ1n) is 6.73. The van der Waals surface area contributed by atoms with Crippen molar-refractivity contribution in [1.29, 1.82) is 0 Å². The van der Waals surface area contributed by atoms with Crippen LogP contribution >= 0.6 is 11.6 Å². The Balaban J connectivity index is 2.19. The lowest BCUT2D eigenvalue weighted by Gasteiger charge is -2.17. The van der Waals surface area contributed by atoms with Crippen LogP contribution in [0, 0.1) is 11.8 Å². The highest BCUT2D eigenvalue weighted by Gasteiger charge is 2.42. The van der Waals surface area contributed by atoms with E-state index >= 15 is 0 Å². The van der Waals surface area contributed by atoms with Gasteiger partial charge >= 0.3 is 5.97 Å². The quantitative estimate of drug-likeness (QED) is 0.838. The lowest BCUT2D eigenvalue weighted by molar-refractivity contribution is -0.138. The van der Waals surface area contributed by atoms with Crippen LogP contribution in [-0.4, -0.2) is 32.4 Å². The van der Waals surface area contributed by atoms with Crippen LogP contribution in [0.15, 0.2) is 6.07 Å². The molecule has 2 rings (SSSR count). The van der Waals surface area contributed by atoms with Gasteiger partial charge in [0, 0.05) is 0 Å². The van der Waals surface area contributed by atoms with Crippen molar-refractivity contribution in [2.45, 2.75) is 19.3 Å². The number of aryl methyl sites for hydroxylation is 1. The molecule has 0 spiro atoms. The molecule has 2 atom stereocenters. The third kappa shape index (κ3) is 3.18. The van der Waals surface area contributed by atoms with E-state index in [-0.39, 0.29) is 11.8 Å². The standard InChI is InChI=1S/C15H19ClO5/c1-19-12-9(5-4-8-6-10(8)15(17)18)7-11(16)13(20-2)14(12)21-3/h7-8,10H,4-6H2,1-3H3,(H,17,18). The molecule has 1 aromatic carbocycles. The molecule has 0 aliphatic heterocycles. The summed E-state index contributed by atoms with van der Waals surface area (Å²) in [6.45, 7) is 0. The molecule has 5 nitrogen and oxygen atoms in total. The van der Waals surface area contributed by atoms with Crippen molar-refractivity contribution < 1.29 is 24.1 Å². The van der Waals surface area contributed by atoms with Crippen LogP contribution in [0.4, 0.5) is 0 Å². The summed E-state index contributed by atoms with van der Waals surface area (Å²) in [4.78, 5) is 10.9. The van der Waals surface area contributed by atoms with E-state index < -0.39 is 5.97 Å². The van der Waals surface area contributed by atoms with Crippen molar-refractivity contribution in [3.63, 3.8) is 0 Å². The van der Waals surface area contributed by atoms with Gasteiger partial charge in [-0.3, -0.25) is 4.79 Å². The van der Waals surface area contributed by atoms with E-state index in [1.165, 1.54) is 14.2 Å². The Labute approximate surface area is 128 Å². The molecular formula is C15H19ClO5. The summed E-state index contributed by atoms with van der Waals surface area (Å²) < 4.78 is 16.0. The van der Waals surface area contributed by atoms with E-state index in [1.807, 2.05) is 0 Å². The molecule has 1 saturated carbocycles. The van der Waals surface area contributed by atoms with Gasteiger partial charge in [0.1, 0.15) is 0 Å². The number of hydrogen-bond donors (Lipinski definition) is 1. The molecule has 0 saturated heterocycles. The SMILES string of the molecule is COc1c(Cl)cc(CCC2CC2C(=O)O)c(OC)c1OC. The Hall–Kier alpha value is -1.62. The summed E-state index contributed by atoms with van der Waals surface area (Å²) >= 11 is 6.20. The lowest BCUT2D eigenvalue weighted by Crippen LogP contribution is -2.02. The highest BCUT2D eigenvalue weighted by atomic mass is 35.5. The minimum Gasteiger partial charge on any atom is -0.492 e. The molecule has 0 amide bonds. The van der Waals surface area contributed by atoms with Gasteiger partial charge in [-0.05, 0) is 36.8 Å². The minimum absolute atomic E-state index is 0.202. The van der Waals surface area contributed by atoms with Crippen molar-refractivity contribution in [3.8, 4) is 17.2 Å². The lowest BCUT2D eigenvalue weighted by atomic mass is 10.0. The van der Waals surface area contributed by atoms with E-state index in [1.54, 1.807) is 13.2 Å². The number of rotatable bonds is 7. The number of carbonyl (C=O) groups is 1. The molecule has 0 bridgehead atoms. The van der Waals surface area contributed by atoms with E-state index in [4.69, 9.17) is 30.9 Å². The number of halogens is 1.